The molecule has 0 bridgehead atoms. The number of rotatable bonds is 7. The molecule has 8 heteroatoms. The number of nitriles is 1. The number of aromatic amines is 1. The fourth-order valence-electron chi connectivity index (χ4n) is 4.33. The second-order valence-corrected chi connectivity index (χ2v) is 11.0. The van der Waals surface area contributed by atoms with E-state index in [2.05, 4.69) is 11.1 Å². The van der Waals surface area contributed by atoms with E-state index < -0.39 is 16.7 Å². The average Bonchev–Trinajstić information content (AvgIpc) is 3.56. The SMILES string of the molecule is N#CC1=CCCC=C1c1c(Cl)cc2[nH]c(C(CO)c3ccc(S(=O)CC4CC4)cc3)nc2c1Cl. The quantitative estimate of drug-likeness (QED) is 0.398. The van der Waals surface area contributed by atoms with Gasteiger partial charge in [-0.15, -0.1) is 0 Å². The van der Waals surface area contributed by atoms with E-state index in [0.717, 1.165) is 28.9 Å². The molecule has 1 fully saturated rings. The Bertz CT molecular complexity index is 1380. The zero-order chi connectivity index (χ0) is 23.8. The van der Waals surface area contributed by atoms with Gasteiger partial charge in [-0.05, 0) is 60.9 Å². The number of aromatic nitrogens is 2. The molecule has 34 heavy (non-hydrogen) atoms. The highest BCUT2D eigenvalue weighted by molar-refractivity contribution is 7.85. The number of imidazole rings is 1. The second kappa shape index (κ2) is 9.67. The number of hydrogen-bond acceptors (Lipinski definition) is 4. The van der Waals surface area contributed by atoms with Crippen molar-refractivity contribution in [3.05, 3.63) is 75.1 Å². The first-order valence-corrected chi connectivity index (χ1v) is 13.4. The van der Waals surface area contributed by atoms with E-state index in [1.54, 1.807) is 6.07 Å². The maximum absolute atomic E-state index is 12.5. The van der Waals surface area contributed by atoms with Gasteiger partial charge < -0.3 is 10.1 Å². The summed E-state index contributed by atoms with van der Waals surface area (Å²) in [6, 6.07) is 11.5. The average molecular weight is 512 g/mol. The van der Waals surface area contributed by atoms with Gasteiger partial charge in [0.1, 0.15) is 11.3 Å². The van der Waals surface area contributed by atoms with Crippen LogP contribution in [0.2, 0.25) is 10.0 Å². The molecule has 0 aliphatic heterocycles. The van der Waals surface area contributed by atoms with Crippen LogP contribution in [0.4, 0.5) is 0 Å². The summed E-state index contributed by atoms with van der Waals surface area (Å²) in [5.41, 5.74) is 3.94. The number of fused-ring (bicyclic) bond motifs is 1. The zero-order valence-corrected chi connectivity index (χ0v) is 20.7. The van der Waals surface area contributed by atoms with Gasteiger partial charge in [0.15, 0.2) is 0 Å². The second-order valence-electron chi connectivity index (χ2n) is 8.75. The Hall–Kier alpha value is -2.43. The van der Waals surface area contributed by atoms with Crippen molar-refractivity contribution in [2.75, 3.05) is 12.4 Å². The molecule has 2 N–H and O–H groups in total. The molecule has 0 amide bonds. The lowest BCUT2D eigenvalue weighted by atomic mass is 9.92. The van der Waals surface area contributed by atoms with E-state index >= 15 is 0 Å². The number of halogens is 2. The lowest BCUT2D eigenvalue weighted by Crippen LogP contribution is -2.08. The summed E-state index contributed by atoms with van der Waals surface area (Å²) in [7, 11) is -0.997. The molecule has 2 aliphatic rings. The smallest absolute Gasteiger partial charge is 0.117 e. The molecular weight excluding hydrogens is 489 g/mol. The predicted molar refractivity (Wildman–Crippen MR) is 136 cm³/mol. The van der Waals surface area contributed by atoms with Crippen LogP contribution in [0.3, 0.4) is 0 Å². The summed E-state index contributed by atoms with van der Waals surface area (Å²) in [6.07, 6.45) is 7.83. The molecule has 1 aromatic heterocycles. The first kappa shape index (κ1) is 23.3. The van der Waals surface area contributed by atoms with Gasteiger partial charge in [-0.1, -0.05) is 47.5 Å². The van der Waals surface area contributed by atoms with Gasteiger partial charge in [0, 0.05) is 16.2 Å². The van der Waals surface area contributed by atoms with Crippen LogP contribution in [0.1, 0.15) is 48.6 Å². The van der Waals surface area contributed by atoms with E-state index in [1.807, 2.05) is 36.4 Å². The van der Waals surface area contributed by atoms with Gasteiger partial charge in [0.05, 0.1) is 50.5 Å². The maximum atomic E-state index is 12.5. The third kappa shape index (κ3) is 4.46. The Balaban J connectivity index is 1.49. The van der Waals surface area contributed by atoms with Crippen LogP contribution < -0.4 is 0 Å². The number of aliphatic hydroxyl groups is 1. The standard InChI is InChI=1S/C26H23Cl2N3O2S/c27-21-11-22-25(24(28)23(21)19-4-2-1-3-17(19)12-29)31-26(30-22)20(13-32)16-7-9-18(10-8-16)34(33)14-15-5-6-15/h3-4,7-11,15,20,32H,1-2,5-6,13-14H2,(H,30,31). The van der Waals surface area contributed by atoms with Crippen molar-refractivity contribution < 1.29 is 9.32 Å². The molecule has 2 atom stereocenters. The minimum absolute atomic E-state index is 0.158. The number of aliphatic hydroxyl groups excluding tert-OH is 1. The predicted octanol–water partition coefficient (Wildman–Crippen LogP) is 6.14. The van der Waals surface area contributed by atoms with Crippen molar-refractivity contribution in [1.29, 1.82) is 5.26 Å². The Labute approximate surface area is 210 Å². The van der Waals surface area contributed by atoms with Crippen molar-refractivity contribution in [2.45, 2.75) is 36.5 Å². The fraction of sp³-hybridized carbons (Fsp3) is 0.308. The maximum Gasteiger partial charge on any atom is 0.117 e. The van der Waals surface area contributed by atoms with Crippen molar-refractivity contribution in [3.63, 3.8) is 0 Å². The Morgan fingerprint density at radius 3 is 2.62 bits per heavy atom. The molecule has 5 nitrogen and oxygen atoms in total. The molecule has 174 valence electrons. The van der Waals surface area contributed by atoms with Gasteiger partial charge in [-0.2, -0.15) is 5.26 Å². The molecule has 3 aromatic rings. The number of nitrogens with one attached hydrogen (secondary N) is 1. The minimum atomic E-state index is -0.997. The Kier molecular flexibility index (Phi) is 6.63. The number of hydrogen-bond donors (Lipinski definition) is 2. The van der Waals surface area contributed by atoms with Gasteiger partial charge in [-0.3, -0.25) is 4.21 Å². The lowest BCUT2D eigenvalue weighted by Gasteiger charge is -2.14. The molecule has 2 aromatic carbocycles. The molecule has 1 saturated carbocycles. The zero-order valence-electron chi connectivity index (χ0n) is 18.4. The third-order valence-electron chi connectivity index (χ3n) is 6.37. The summed E-state index contributed by atoms with van der Waals surface area (Å²) >= 11 is 13.4. The van der Waals surface area contributed by atoms with Crippen molar-refractivity contribution in [3.8, 4) is 6.07 Å². The van der Waals surface area contributed by atoms with Crippen LogP contribution in [0.5, 0.6) is 0 Å². The number of allylic oxidation sites excluding steroid dienone is 4. The van der Waals surface area contributed by atoms with Gasteiger partial charge in [0.25, 0.3) is 0 Å². The number of nitrogens with zero attached hydrogens (tertiary/aromatic N) is 2. The normalized spacial score (nSPS) is 17.7. The van der Waals surface area contributed by atoms with E-state index in [9.17, 15) is 14.6 Å². The topological polar surface area (TPSA) is 89.8 Å². The van der Waals surface area contributed by atoms with Crippen molar-refractivity contribution in [1.82, 2.24) is 9.97 Å². The molecule has 0 spiro atoms. The monoisotopic (exact) mass is 511 g/mol. The van der Waals surface area contributed by atoms with Crippen LogP contribution in [0.15, 0.2) is 53.0 Å². The highest BCUT2D eigenvalue weighted by Gasteiger charge is 2.26. The van der Waals surface area contributed by atoms with Crippen molar-refractivity contribution in [2.24, 2.45) is 5.92 Å². The number of benzene rings is 2. The highest BCUT2D eigenvalue weighted by Crippen LogP contribution is 2.41. The molecule has 0 radical (unpaired) electrons. The summed E-state index contributed by atoms with van der Waals surface area (Å²) in [4.78, 5) is 8.78. The van der Waals surface area contributed by atoms with E-state index in [4.69, 9.17) is 28.2 Å². The summed E-state index contributed by atoms with van der Waals surface area (Å²) < 4.78 is 12.5. The third-order valence-corrected chi connectivity index (χ3v) is 8.61. The molecule has 0 saturated heterocycles. The van der Waals surface area contributed by atoms with E-state index in [0.29, 0.717) is 49.7 Å². The van der Waals surface area contributed by atoms with Crippen LogP contribution in [-0.4, -0.2) is 31.6 Å². The molecule has 5 rings (SSSR count). The van der Waals surface area contributed by atoms with Crippen LogP contribution >= 0.6 is 23.2 Å². The van der Waals surface area contributed by atoms with Gasteiger partial charge >= 0.3 is 0 Å². The first-order chi connectivity index (χ1) is 16.5. The molecular formula is C26H23Cl2N3O2S. The summed E-state index contributed by atoms with van der Waals surface area (Å²) in [6.45, 7) is -0.158. The van der Waals surface area contributed by atoms with Crippen LogP contribution in [0.25, 0.3) is 16.6 Å². The molecule has 2 aliphatic carbocycles. The largest absolute Gasteiger partial charge is 0.395 e. The lowest BCUT2D eigenvalue weighted by molar-refractivity contribution is 0.277. The van der Waals surface area contributed by atoms with E-state index in [1.165, 1.54) is 12.8 Å². The van der Waals surface area contributed by atoms with Crippen molar-refractivity contribution >= 4 is 50.6 Å². The number of H-pyrrole nitrogens is 1. The van der Waals surface area contributed by atoms with Crippen LogP contribution in [0, 0.1) is 17.2 Å². The van der Waals surface area contributed by atoms with Gasteiger partial charge in [-0.25, -0.2) is 4.98 Å². The van der Waals surface area contributed by atoms with Crippen LogP contribution in [-0.2, 0) is 10.8 Å². The fourth-order valence-corrected chi connectivity index (χ4v) is 6.42. The van der Waals surface area contributed by atoms with E-state index in [-0.39, 0.29) is 6.61 Å². The minimum Gasteiger partial charge on any atom is -0.395 e. The molecule has 1 heterocycles. The van der Waals surface area contributed by atoms with Gasteiger partial charge in [0.2, 0.25) is 0 Å². The molecule has 2 unspecified atom stereocenters. The highest BCUT2D eigenvalue weighted by atomic mass is 35.5. The first-order valence-electron chi connectivity index (χ1n) is 11.3. The Morgan fingerprint density at radius 1 is 1.21 bits per heavy atom. The summed E-state index contributed by atoms with van der Waals surface area (Å²) in [5, 5.41) is 20.5. The summed E-state index contributed by atoms with van der Waals surface area (Å²) in [5.74, 6) is 1.47. The Morgan fingerprint density at radius 2 is 1.94 bits per heavy atom.